The standard InChI is InChI=1S/C15H12Br2N2O/c16-12-3-4-14(13(17)6-12)19-15(20)9-1-2-10-7-18-8-11(10)5-9/h1-6,18H,7-8H2,(H,19,20). The van der Waals surface area contributed by atoms with Gasteiger partial charge in [0.05, 0.1) is 5.69 Å². The number of amides is 1. The number of benzene rings is 2. The molecule has 0 unspecified atom stereocenters. The average molecular weight is 396 g/mol. The maximum Gasteiger partial charge on any atom is 0.255 e. The molecule has 3 rings (SSSR count). The summed E-state index contributed by atoms with van der Waals surface area (Å²) < 4.78 is 1.81. The second kappa shape index (κ2) is 5.68. The van der Waals surface area contributed by atoms with E-state index in [1.807, 2.05) is 36.4 Å². The summed E-state index contributed by atoms with van der Waals surface area (Å²) in [6.07, 6.45) is 0. The Labute approximate surface area is 134 Å². The van der Waals surface area contributed by atoms with Crippen molar-refractivity contribution < 1.29 is 4.79 Å². The van der Waals surface area contributed by atoms with Gasteiger partial charge in [-0.2, -0.15) is 0 Å². The van der Waals surface area contributed by atoms with E-state index in [9.17, 15) is 4.79 Å². The Balaban J connectivity index is 1.82. The number of hydrogen-bond acceptors (Lipinski definition) is 2. The Morgan fingerprint density at radius 3 is 2.65 bits per heavy atom. The molecule has 5 heteroatoms. The lowest BCUT2D eigenvalue weighted by Gasteiger charge is -2.09. The molecule has 0 saturated carbocycles. The molecule has 1 amide bonds. The third kappa shape index (κ3) is 2.80. The SMILES string of the molecule is O=C(Nc1ccc(Br)cc1Br)c1ccc2c(c1)CNC2. The zero-order valence-corrected chi connectivity index (χ0v) is 13.7. The molecular formula is C15H12Br2N2O. The Hall–Kier alpha value is -1.17. The molecule has 0 aromatic heterocycles. The molecule has 2 aromatic rings. The molecule has 0 bridgehead atoms. The van der Waals surface area contributed by atoms with Crippen LogP contribution in [0.2, 0.25) is 0 Å². The maximum atomic E-state index is 12.3. The Bertz CT molecular complexity index is 686. The fraction of sp³-hybridized carbons (Fsp3) is 0.133. The first kappa shape index (κ1) is 13.8. The topological polar surface area (TPSA) is 41.1 Å². The summed E-state index contributed by atoms with van der Waals surface area (Å²) in [5.41, 5.74) is 3.91. The summed E-state index contributed by atoms with van der Waals surface area (Å²) >= 11 is 6.83. The van der Waals surface area contributed by atoms with Crippen LogP contribution in [0.3, 0.4) is 0 Å². The van der Waals surface area contributed by atoms with Crippen LogP contribution in [-0.2, 0) is 13.1 Å². The van der Waals surface area contributed by atoms with Gasteiger partial charge in [-0.1, -0.05) is 22.0 Å². The van der Waals surface area contributed by atoms with Gasteiger partial charge in [0.15, 0.2) is 0 Å². The van der Waals surface area contributed by atoms with Gasteiger partial charge in [0.2, 0.25) is 0 Å². The average Bonchev–Trinajstić information content (AvgIpc) is 2.89. The van der Waals surface area contributed by atoms with Gasteiger partial charge >= 0.3 is 0 Å². The van der Waals surface area contributed by atoms with Crippen molar-refractivity contribution in [3.63, 3.8) is 0 Å². The summed E-state index contributed by atoms with van der Waals surface area (Å²) in [5, 5.41) is 6.19. The molecule has 0 fully saturated rings. The summed E-state index contributed by atoms with van der Waals surface area (Å²) in [7, 11) is 0. The molecule has 0 radical (unpaired) electrons. The van der Waals surface area contributed by atoms with Crippen molar-refractivity contribution in [2.75, 3.05) is 5.32 Å². The molecule has 2 N–H and O–H groups in total. The first-order valence-corrected chi connectivity index (χ1v) is 7.81. The maximum absolute atomic E-state index is 12.3. The normalized spacial score (nSPS) is 13.1. The number of anilines is 1. The van der Waals surface area contributed by atoms with Crippen molar-refractivity contribution in [2.45, 2.75) is 13.1 Å². The van der Waals surface area contributed by atoms with Crippen LogP contribution in [-0.4, -0.2) is 5.91 Å². The number of carbonyl (C=O) groups is 1. The predicted molar refractivity (Wildman–Crippen MR) is 86.8 cm³/mol. The van der Waals surface area contributed by atoms with Crippen LogP contribution < -0.4 is 10.6 Å². The third-order valence-electron chi connectivity index (χ3n) is 3.28. The highest BCUT2D eigenvalue weighted by atomic mass is 79.9. The van der Waals surface area contributed by atoms with E-state index in [2.05, 4.69) is 42.5 Å². The Kier molecular flexibility index (Phi) is 3.92. The van der Waals surface area contributed by atoms with E-state index in [0.717, 1.165) is 27.7 Å². The minimum absolute atomic E-state index is 0.0947. The number of hydrogen-bond donors (Lipinski definition) is 2. The second-order valence-electron chi connectivity index (χ2n) is 4.67. The zero-order chi connectivity index (χ0) is 14.1. The fourth-order valence-electron chi connectivity index (χ4n) is 2.22. The number of fused-ring (bicyclic) bond motifs is 1. The molecule has 20 heavy (non-hydrogen) atoms. The smallest absolute Gasteiger partial charge is 0.255 e. The van der Waals surface area contributed by atoms with E-state index in [-0.39, 0.29) is 5.91 Å². The van der Waals surface area contributed by atoms with Gasteiger partial charge in [0, 0.05) is 27.6 Å². The number of rotatable bonds is 2. The summed E-state index contributed by atoms with van der Waals surface area (Å²) in [5.74, 6) is -0.0947. The predicted octanol–water partition coefficient (Wildman–Crippen LogP) is 4.07. The lowest BCUT2D eigenvalue weighted by atomic mass is 10.1. The van der Waals surface area contributed by atoms with Crippen molar-refractivity contribution in [1.82, 2.24) is 5.32 Å². The molecule has 1 aliphatic rings. The van der Waals surface area contributed by atoms with Gasteiger partial charge in [0.1, 0.15) is 0 Å². The fourth-order valence-corrected chi connectivity index (χ4v) is 3.37. The highest BCUT2D eigenvalue weighted by molar-refractivity contribution is 9.11. The minimum atomic E-state index is -0.0947. The first-order chi connectivity index (χ1) is 9.63. The van der Waals surface area contributed by atoms with Crippen molar-refractivity contribution in [3.8, 4) is 0 Å². The molecule has 0 aliphatic carbocycles. The van der Waals surface area contributed by atoms with Crippen molar-refractivity contribution in [1.29, 1.82) is 0 Å². The van der Waals surface area contributed by atoms with Gasteiger partial charge in [-0.15, -0.1) is 0 Å². The van der Waals surface area contributed by atoms with E-state index >= 15 is 0 Å². The van der Waals surface area contributed by atoms with Gasteiger partial charge < -0.3 is 10.6 Å². The third-order valence-corrected chi connectivity index (χ3v) is 4.43. The largest absolute Gasteiger partial charge is 0.321 e. The van der Waals surface area contributed by atoms with E-state index < -0.39 is 0 Å². The quantitative estimate of drug-likeness (QED) is 0.804. The molecule has 102 valence electrons. The van der Waals surface area contributed by atoms with Gasteiger partial charge in [-0.25, -0.2) is 0 Å². The molecule has 1 aliphatic heterocycles. The number of nitrogens with one attached hydrogen (secondary N) is 2. The van der Waals surface area contributed by atoms with Crippen LogP contribution >= 0.6 is 31.9 Å². The van der Waals surface area contributed by atoms with E-state index in [4.69, 9.17) is 0 Å². The van der Waals surface area contributed by atoms with Gasteiger partial charge in [-0.05, 0) is 57.4 Å². The Morgan fingerprint density at radius 1 is 1.05 bits per heavy atom. The monoisotopic (exact) mass is 394 g/mol. The molecule has 1 heterocycles. The first-order valence-electron chi connectivity index (χ1n) is 6.22. The lowest BCUT2D eigenvalue weighted by Crippen LogP contribution is -2.12. The Morgan fingerprint density at radius 2 is 1.85 bits per heavy atom. The van der Waals surface area contributed by atoms with Crippen LogP contribution in [0.1, 0.15) is 21.5 Å². The summed E-state index contributed by atoms with van der Waals surface area (Å²) in [4.78, 5) is 12.3. The molecule has 0 atom stereocenters. The lowest BCUT2D eigenvalue weighted by molar-refractivity contribution is 0.102. The van der Waals surface area contributed by atoms with Crippen LogP contribution in [0.4, 0.5) is 5.69 Å². The van der Waals surface area contributed by atoms with Crippen LogP contribution in [0.5, 0.6) is 0 Å². The highest BCUT2D eigenvalue weighted by Gasteiger charge is 2.14. The molecular weight excluding hydrogens is 384 g/mol. The van der Waals surface area contributed by atoms with Crippen molar-refractivity contribution >= 4 is 43.5 Å². The molecule has 0 saturated heterocycles. The van der Waals surface area contributed by atoms with Gasteiger partial charge in [-0.3, -0.25) is 4.79 Å². The second-order valence-corrected chi connectivity index (χ2v) is 6.44. The number of carbonyl (C=O) groups excluding carboxylic acids is 1. The molecule has 0 spiro atoms. The van der Waals surface area contributed by atoms with E-state index in [0.29, 0.717) is 5.56 Å². The van der Waals surface area contributed by atoms with E-state index in [1.54, 1.807) is 0 Å². The van der Waals surface area contributed by atoms with Gasteiger partial charge in [0.25, 0.3) is 5.91 Å². The van der Waals surface area contributed by atoms with Crippen molar-refractivity contribution in [3.05, 3.63) is 62.0 Å². The minimum Gasteiger partial charge on any atom is -0.321 e. The van der Waals surface area contributed by atoms with Crippen LogP contribution in [0.25, 0.3) is 0 Å². The van der Waals surface area contributed by atoms with Crippen LogP contribution in [0.15, 0.2) is 45.3 Å². The summed E-state index contributed by atoms with van der Waals surface area (Å²) in [6.45, 7) is 1.72. The molecule has 3 nitrogen and oxygen atoms in total. The molecule has 2 aromatic carbocycles. The van der Waals surface area contributed by atoms with Crippen molar-refractivity contribution in [2.24, 2.45) is 0 Å². The summed E-state index contributed by atoms with van der Waals surface area (Å²) in [6, 6.07) is 11.5. The van der Waals surface area contributed by atoms with E-state index in [1.165, 1.54) is 11.1 Å². The zero-order valence-electron chi connectivity index (χ0n) is 10.5. The highest BCUT2D eigenvalue weighted by Crippen LogP contribution is 2.27. The number of halogens is 2. The van der Waals surface area contributed by atoms with Crippen LogP contribution in [0, 0.1) is 0 Å².